The fourth-order valence-corrected chi connectivity index (χ4v) is 2.33. The maximum atomic E-state index is 12.2. The Morgan fingerprint density at radius 1 is 1.33 bits per heavy atom. The van der Waals surface area contributed by atoms with Gasteiger partial charge in [0, 0.05) is 18.3 Å². The number of hydrogen-bond donors (Lipinski definition) is 3. The van der Waals surface area contributed by atoms with E-state index in [1.807, 2.05) is 0 Å². The minimum atomic E-state index is -1.17. The van der Waals surface area contributed by atoms with Crippen LogP contribution in [0.3, 0.4) is 0 Å². The van der Waals surface area contributed by atoms with Gasteiger partial charge in [0.1, 0.15) is 6.04 Å². The van der Waals surface area contributed by atoms with Gasteiger partial charge in [0.15, 0.2) is 0 Å². The molecule has 0 bridgehead atoms. The summed E-state index contributed by atoms with van der Waals surface area (Å²) in [4.78, 5) is 30.0. The molecule has 2 rings (SSSR count). The molecule has 1 atom stereocenters. The van der Waals surface area contributed by atoms with Crippen molar-refractivity contribution in [2.45, 2.75) is 12.5 Å². The van der Waals surface area contributed by atoms with E-state index in [1.165, 1.54) is 24.7 Å². The van der Waals surface area contributed by atoms with E-state index in [0.29, 0.717) is 5.69 Å². The second kappa shape index (κ2) is 6.60. The summed E-state index contributed by atoms with van der Waals surface area (Å²) in [5.74, 6) is -1.81. The molecule has 0 aliphatic heterocycles. The van der Waals surface area contributed by atoms with Gasteiger partial charge in [-0.3, -0.25) is 4.79 Å². The van der Waals surface area contributed by atoms with Crippen LogP contribution in [0.15, 0.2) is 30.7 Å². The van der Waals surface area contributed by atoms with Crippen LogP contribution in [0, 0.1) is 0 Å². The average Bonchev–Trinajstić information content (AvgIpc) is 2.90. The molecule has 3 N–H and O–H groups in total. The van der Waals surface area contributed by atoms with Gasteiger partial charge in [-0.05, 0) is 12.1 Å². The molecule has 6 nitrogen and oxygen atoms in total. The number of carboxylic acid groups (broad SMARTS) is 1. The molecule has 0 saturated carbocycles. The van der Waals surface area contributed by atoms with Crippen LogP contribution in [-0.4, -0.2) is 33.0 Å². The van der Waals surface area contributed by atoms with Crippen molar-refractivity contribution < 1.29 is 14.7 Å². The normalized spacial score (nSPS) is 11.9. The van der Waals surface area contributed by atoms with Gasteiger partial charge in [-0.1, -0.05) is 29.3 Å². The quantitative estimate of drug-likeness (QED) is 0.784. The Morgan fingerprint density at radius 3 is 2.52 bits per heavy atom. The zero-order chi connectivity index (χ0) is 15.4. The van der Waals surface area contributed by atoms with Gasteiger partial charge in [0.2, 0.25) is 0 Å². The molecular weight excluding hydrogens is 317 g/mol. The number of benzene rings is 1. The number of hydrogen-bond acceptors (Lipinski definition) is 3. The van der Waals surface area contributed by atoms with Crippen molar-refractivity contribution in [3.63, 3.8) is 0 Å². The van der Waals surface area contributed by atoms with Crippen molar-refractivity contribution in [3.05, 3.63) is 52.0 Å². The number of carbonyl (C=O) groups is 2. The van der Waals surface area contributed by atoms with Crippen molar-refractivity contribution >= 4 is 35.1 Å². The topological polar surface area (TPSA) is 95.1 Å². The van der Waals surface area contributed by atoms with Crippen LogP contribution < -0.4 is 5.32 Å². The van der Waals surface area contributed by atoms with E-state index in [9.17, 15) is 14.7 Å². The number of amides is 1. The van der Waals surface area contributed by atoms with Gasteiger partial charge in [-0.25, -0.2) is 9.78 Å². The molecule has 1 aromatic carbocycles. The maximum Gasteiger partial charge on any atom is 0.326 e. The first-order valence-corrected chi connectivity index (χ1v) is 6.69. The number of imidazole rings is 1. The van der Waals surface area contributed by atoms with Gasteiger partial charge in [-0.15, -0.1) is 0 Å². The SMILES string of the molecule is O=C(N[C@@H](Cc1cnc[nH]1)C(=O)O)c1c(Cl)cccc1Cl. The second-order valence-corrected chi connectivity index (χ2v) is 5.06. The molecule has 1 aromatic heterocycles. The van der Waals surface area contributed by atoms with Crippen LogP contribution in [0.5, 0.6) is 0 Å². The summed E-state index contributed by atoms with van der Waals surface area (Å²) < 4.78 is 0. The lowest BCUT2D eigenvalue weighted by atomic mass is 10.1. The fourth-order valence-electron chi connectivity index (χ4n) is 1.76. The Hall–Kier alpha value is -2.05. The number of aliphatic carboxylic acids is 1. The molecule has 8 heteroatoms. The third-order valence-corrected chi connectivity index (χ3v) is 3.40. The Labute approximate surface area is 130 Å². The molecule has 0 aliphatic carbocycles. The van der Waals surface area contributed by atoms with E-state index >= 15 is 0 Å². The van der Waals surface area contributed by atoms with Crippen LogP contribution in [0.2, 0.25) is 10.0 Å². The highest BCUT2D eigenvalue weighted by atomic mass is 35.5. The number of aromatic nitrogens is 2. The standard InChI is InChI=1S/C13H11Cl2N3O3/c14-8-2-1-3-9(15)11(8)12(19)18-10(13(20)21)4-7-5-16-6-17-7/h1-3,5-6,10H,4H2,(H,16,17)(H,18,19)(H,20,21)/t10-/m0/s1. The van der Waals surface area contributed by atoms with Gasteiger partial charge < -0.3 is 15.4 Å². The summed E-state index contributed by atoms with van der Waals surface area (Å²) in [6, 6.07) is 3.49. The summed E-state index contributed by atoms with van der Waals surface area (Å²) in [7, 11) is 0. The molecule has 1 amide bonds. The first kappa shape index (κ1) is 15.3. The number of carbonyl (C=O) groups excluding carboxylic acids is 1. The summed E-state index contributed by atoms with van der Waals surface area (Å²) in [6.07, 6.45) is 2.99. The zero-order valence-corrected chi connectivity index (χ0v) is 12.1. The maximum absolute atomic E-state index is 12.2. The highest BCUT2D eigenvalue weighted by Gasteiger charge is 2.24. The lowest BCUT2D eigenvalue weighted by Gasteiger charge is -2.15. The van der Waals surface area contributed by atoms with E-state index in [-0.39, 0.29) is 22.0 Å². The van der Waals surface area contributed by atoms with Gasteiger partial charge in [0.25, 0.3) is 5.91 Å². The third-order valence-electron chi connectivity index (χ3n) is 2.77. The molecule has 0 spiro atoms. The molecule has 0 saturated heterocycles. The molecular formula is C13H11Cl2N3O3. The Balaban J connectivity index is 2.17. The molecule has 1 heterocycles. The van der Waals surface area contributed by atoms with E-state index in [4.69, 9.17) is 23.2 Å². The van der Waals surface area contributed by atoms with Crippen LogP contribution in [0.25, 0.3) is 0 Å². The Morgan fingerprint density at radius 2 is 2.00 bits per heavy atom. The molecule has 0 fully saturated rings. The first-order chi connectivity index (χ1) is 9.99. The number of H-pyrrole nitrogens is 1. The van der Waals surface area contributed by atoms with Crippen molar-refractivity contribution in [2.75, 3.05) is 0 Å². The van der Waals surface area contributed by atoms with E-state index in [2.05, 4.69) is 15.3 Å². The summed E-state index contributed by atoms with van der Waals surface area (Å²) in [5, 5.41) is 11.9. The van der Waals surface area contributed by atoms with Crippen molar-refractivity contribution in [3.8, 4) is 0 Å². The van der Waals surface area contributed by atoms with Crippen molar-refractivity contribution in [2.24, 2.45) is 0 Å². The Kier molecular flexibility index (Phi) is 4.82. The smallest absolute Gasteiger partial charge is 0.326 e. The molecule has 2 aromatic rings. The summed E-state index contributed by atoms with van der Waals surface area (Å²) in [5.41, 5.74) is 0.643. The van der Waals surface area contributed by atoms with Crippen LogP contribution >= 0.6 is 23.2 Å². The molecule has 110 valence electrons. The first-order valence-electron chi connectivity index (χ1n) is 5.94. The van der Waals surface area contributed by atoms with Gasteiger partial charge >= 0.3 is 5.97 Å². The van der Waals surface area contributed by atoms with E-state index < -0.39 is 17.9 Å². The summed E-state index contributed by atoms with van der Waals surface area (Å²) >= 11 is 11.8. The number of nitrogens with one attached hydrogen (secondary N) is 2. The minimum absolute atomic E-state index is 0.0525. The lowest BCUT2D eigenvalue weighted by Crippen LogP contribution is -2.42. The highest BCUT2D eigenvalue weighted by molar-refractivity contribution is 6.39. The van der Waals surface area contributed by atoms with Crippen LogP contribution in [0.4, 0.5) is 0 Å². The van der Waals surface area contributed by atoms with Crippen LogP contribution in [-0.2, 0) is 11.2 Å². The fraction of sp³-hybridized carbons (Fsp3) is 0.154. The van der Waals surface area contributed by atoms with Crippen molar-refractivity contribution in [1.82, 2.24) is 15.3 Å². The number of carboxylic acids is 1. The lowest BCUT2D eigenvalue weighted by molar-refractivity contribution is -0.139. The number of nitrogens with zero attached hydrogens (tertiary/aromatic N) is 1. The van der Waals surface area contributed by atoms with Crippen LogP contribution in [0.1, 0.15) is 16.1 Å². The number of halogens is 2. The second-order valence-electron chi connectivity index (χ2n) is 4.24. The van der Waals surface area contributed by atoms with Crippen molar-refractivity contribution in [1.29, 1.82) is 0 Å². The van der Waals surface area contributed by atoms with Gasteiger partial charge in [-0.2, -0.15) is 0 Å². The summed E-state index contributed by atoms with van der Waals surface area (Å²) in [6.45, 7) is 0. The molecule has 0 unspecified atom stereocenters. The highest BCUT2D eigenvalue weighted by Crippen LogP contribution is 2.24. The minimum Gasteiger partial charge on any atom is -0.480 e. The molecule has 21 heavy (non-hydrogen) atoms. The Bertz CT molecular complexity index is 638. The number of rotatable bonds is 5. The predicted molar refractivity (Wildman–Crippen MR) is 77.6 cm³/mol. The molecule has 0 aliphatic rings. The molecule has 0 radical (unpaired) electrons. The predicted octanol–water partition coefficient (Wildman–Crippen LogP) is 2.14. The van der Waals surface area contributed by atoms with Gasteiger partial charge in [0.05, 0.1) is 21.9 Å². The monoisotopic (exact) mass is 327 g/mol. The number of aromatic amines is 1. The van der Waals surface area contributed by atoms with E-state index in [0.717, 1.165) is 0 Å². The zero-order valence-electron chi connectivity index (χ0n) is 10.6. The average molecular weight is 328 g/mol. The largest absolute Gasteiger partial charge is 0.480 e. The van der Waals surface area contributed by atoms with E-state index in [1.54, 1.807) is 6.07 Å². The third kappa shape index (κ3) is 3.74.